The Morgan fingerprint density at radius 1 is 0.607 bits per heavy atom. The summed E-state index contributed by atoms with van der Waals surface area (Å²) in [5, 5.41) is 0. The summed E-state index contributed by atoms with van der Waals surface area (Å²) in [6, 6.07) is 29.1. The zero-order chi connectivity index (χ0) is 19.8. The lowest BCUT2D eigenvalue weighted by Gasteiger charge is -2.32. The van der Waals surface area contributed by atoms with Crippen LogP contribution in [0, 0.1) is 0 Å². The molecule has 4 rings (SSSR count). The van der Waals surface area contributed by atoms with Crippen LogP contribution in [0.4, 0.5) is 17.1 Å². The second-order valence-electron chi connectivity index (χ2n) is 8.15. The predicted molar refractivity (Wildman–Crippen MR) is 117 cm³/mol. The molecule has 0 bridgehead atoms. The normalized spacial score (nSPS) is 17.5. The smallest absolute Gasteiger partial charge is 0.399 e. The van der Waals surface area contributed by atoms with E-state index in [-0.39, 0.29) is 11.2 Å². The van der Waals surface area contributed by atoms with Gasteiger partial charge >= 0.3 is 7.12 Å². The lowest BCUT2D eigenvalue weighted by Crippen LogP contribution is -2.41. The lowest BCUT2D eigenvalue weighted by atomic mass is 9.77. The summed E-state index contributed by atoms with van der Waals surface area (Å²) in [5.74, 6) is 0. The summed E-state index contributed by atoms with van der Waals surface area (Å²) < 4.78 is 12.7. The maximum atomic E-state index is 6.36. The second-order valence-corrected chi connectivity index (χ2v) is 8.15. The molecule has 0 radical (unpaired) electrons. The van der Waals surface area contributed by atoms with Gasteiger partial charge in [0.15, 0.2) is 0 Å². The van der Waals surface area contributed by atoms with Crippen molar-refractivity contribution in [1.29, 1.82) is 0 Å². The van der Waals surface area contributed by atoms with Crippen molar-refractivity contribution < 1.29 is 9.31 Å². The van der Waals surface area contributed by atoms with Crippen molar-refractivity contribution >= 4 is 29.6 Å². The molecule has 142 valence electrons. The van der Waals surface area contributed by atoms with E-state index >= 15 is 0 Å². The van der Waals surface area contributed by atoms with E-state index in [9.17, 15) is 0 Å². The molecule has 1 fully saturated rings. The van der Waals surface area contributed by atoms with Crippen LogP contribution in [0.3, 0.4) is 0 Å². The number of rotatable bonds is 4. The fourth-order valence-electron chi connectivity index (χ4n) is 3.44. The Kier molecular flexibility index (Phi) is 4.78. The Balaban J connectivity index is 1.84. The first-order valence-electron chi connectivity index (χ1n) is 9.74. The third kappa shape index (κ3) is 3.34. The first-order valence-corrected chi connectivity index (χ1v) is 9.74. The number of benzene rings is 3. The van der Waals surface area contributed by atoms with Gasteiger partial charge in [0.25, 0.3) is 0 Å². The van der Waals surface area contributed by atoms with E-state index in [1.165, 1.54) is 0 Å². The largest absolute Gasteiger partial charge is 0.496 e. The standard InChI is InChI=1S/C24H26BNO2/c1-23(2)24(3,4)28-25(27-23)21-17-11-12-18-22(21)26(19-13-7-5-8-14-19)20-15-9-6-10-16-20/h5-18H,1-4H3. The van der Waals surface area contributed by atoms with Crippen molar-refractivity contribution in [3.05, 3.63) is 84.9 Å². The van der Waals surface area contributed by atoms with E-state index < -0.39 is 7.12 Å². The predicted octanol–water partition coefficient (Wildman–Crippen LogP) is 5.46. The Hall–Kier alpha value is -2.56. The van der Waals surface area contributed by atoms with Crippen LogP contribution in [0.5, 0.6) is 0 Å². The molecule has 0 atom stereocenters. The van der Waals surface area contributed by atoms with Crippen LogP contribution in [0.2, 0.25) is 0 Å². The average molecular weight is 371 g/mol. The van der Waals surface area contributed by atoms with Gasteiger partial charge in [0.2, 0.25) is 0 Å². The first kappa shape index (κ1) is 18.8. The van der Waals surface area contributed by atoms with Crippen molar-refractivity contribution in [3.63, 3.8) is 0 Å². The van der Waals surface area contributed by atoms with Crippen molar-refractivity contribution in [3.8, 4) is 0 Å². The highest BCUT2D eigenvalue weighted by Crippen LogP contribution is 2.39. The molecule has 28 heavy (non-hydrogen) atoms. The molecule has 3 nitrogen and oxygen atoms in total. The van der Waals surface area contributed by atoms with Crippen LogP contribution >= 0.6 is 0 Å². The summed E-state index contributed by atoms with van der Waals surface area (Å²) in [4.78, 5) is 2.25. The quantitative estimate of drug-likeness (QED) is 0.569. The molecule has 3 aromatic carbocycles. The molecule has 1 heterocycles. The van der Waals surface area contributed by atoms with E-state index in [4.69, 9.17) is 9.31 Å². The van der Waals surface area contributed by atoms with Gasteiger partial charge in [-0.25, -0.2) is 0 Å². The van der Waals surface area contributed by atoms with E-state index in [1.54, 1.807) is 0 Å². The third-order valence-corrected chi connectivity index (χ3v) is 5.71. The zero-order valence-electron chi connectivity index (χ0n) is 16.9. The molecule has 4 heteroatoms. The number of nitrogens with zero attached hydrogens (tertiary/aromatic N) is 1. The van der Waals surface area contributed by atoms with Gasteiger partial charge in [-0.05, 0) is 58.0 Å². The van der Waals surface area contributed by atoms with Gasteiger partial charge in [-0.1, -0.05) is 54.6 Å². The van der Waals surface area contributed by atoms with Gasteiger partial charge in [0, 0.05) is 22.5 Å². The number of para-hydroxylation sites is 3. The van der Waals surface area contributed by atoms with Gasteiger partial charge in [0.05, 0.1) is 11.2 Å². The monoisotopic (exact) mass is 371 g/mol. The van der Waals surface area contributed by atoms with Gasteiger partial charge in [-0.3, -0.25) is 0 Å². The fraction of sp³-hybridized carbons (Fsp3) is 0.250. The molecular weight excluding hydrogens is 345 g/mol. The van der Waals surface area contributed by atoms with Crippen molar-refractivity contribution in [2.24, 2.45) is 0 Å². The zero-order valence-corrected chi connectivity index (χ0v) is 16.9. The molecule has 0 saturated carbocycles. The van der Waals surface area contributed by atoms with Gasteiger partial charge in [-0.15, -0.1) is 0 Å². The van der Waals surface area contributed by atoms with Gasteiger partial charge < -0.3 is 14.2 Å². The molecule has 0 amide bonds. The molecule has 0 N–H and O–H groups in total. The Bertz CT molecular complexity index is 886. The lowest BCUT2D eigenvalue weighted by molar-refractivity contribution is 0.00578. The van der Waals surface area contributed by atoms with E-state index in [1.807, 2.05) is 18.2 Å². The minimum Gasteiger partial charge on any atom is -0.399 e. The second kappa shape index (κ2) is 7.12. The molecule has 0 aromatic heterocycles. The van der Waals surface area contributed by atoms with Crippen LogP contribution in [0.25, 0.3) is 0 Å². The number of hydrogen-bond donors (Lipinski definition) is 0. The minimum absolute atomic E-state index is 0.380. The van der Waals surface area contributed by atoms with Crippen LogP contribution in [0.15, 0.2) is 84.9 Å². The third-order valence-electron chi connectivity index (χ3n) is 5.71. The first-order chi connectivity index (χ1) is 13.4. The highest BCUT2D eigenvalue weighted by Gasteiger charge is 2.52. The Morgan fingerprint density at radius 3 is 1.54 bits per heavy atom. The molecule has 0 spiro atoms. The Labute approximate surface area is 168 Å². The van der Waals surface area contributed by atoms with Crippen LogP contribution in [-0.4, -0.2) is 18.3 Å². The summed E-state index contributed by atoms with van der Waals surface area (Å²) in [6.07, 6.45) is 0. The van der Waals surface area contributed by atoms with E-state index in [0.717, 1.165) is 22.5 Å². The van der Waals surface area contributed by atoms with E-state index in [0.29, 0.717) is 0 Å². The van der Waals surface area contributed by atoms with Crippen molar-refractivity contribution in [2.45, 2.75) is 38.9 Å². The molecule has 0 unspecified atom stereocenters. The van der Waals surface area contributed by atoms with Gasteiger partial charge in [0.1, 0.15) is 0 Å². The molecular formula is C24H26BNO2. The van der Waals surface area contributed by atoms with Crippen molar-refractivity contribution in [2.75, 3.05) is 4.90 Å². The van der Waals surface area contributed by atoms with Crippen LogP contribution in [0.1, 0.15) is 27.7 Å². The van der Waals surface area contributed by atoms with Crippen molar-refractivity contribution in [1.82, 2.24) is 0 Å². The maximum absolute atomic E-state index is 6.36. The van der Waals surface area contributed by atoms with E-state index in [2.05, 4.69) is 99.3 Å². The number of anilines is 3. The average Bonchev–Trinajstić information content (AvgIpc) is 2.91. The molecule has 1 aliphatic rings. The molecule has 1 saturated heterocycles. The fourth-order valence-corrected chi connectivity index (χ4v) is 3.44. The summed E-state index contributed by atoms with van der Waals surface area (Å²) in [6.45, 7) is 8.34. The summed E-state index contributed by atoms with van der Waals surface area (Å²) in [7, 11) is -0.420. The highest BCUT2D eigenvalue weighted by molar-refractivity contribution is 6.64. The summed E-state index contributed by atoms with van der Waals surface area (Å²) >= 11 is 0. The van der Waals surface area contributed by atoms with Crippen LogP contribution in [-0.2, 0) is 9.31 Å². The Morgan fingerprint density at radius 2 is 1.04 bits per heavy atom. The maximum Gasteiger partial charge on any atom is 0.496 e. The molecule has 0 aliphatic carbocycles. The van der Waals surface area contributed by atoms with Gasteiger partial charge in [-0.2, -0.15) is 0 Å². The minimum atomic E-state index is -0.420. The molecule has 3 aromatic rings. The molecule has 1 aliphatic heterocycles. The highest BCUT2D eigenvalue weighted by atomic mass is 16.7. The van der Waals surface area contributed by atoms with Crippen LogP contribution < -0.4 is 10.4 Å². The number of hydrogen-bond acceptors (Lipinski definition) is 3. The topological polar surface area (TPSA) is 21.7 Å². The summed E-state index contributed by atoms with van der Waals surface area (Å²) in [5.41, 5.74) is 3.51. The SMILES string of the molecule is CC1(C)OB(c2ccccc2N(c2ccccc2)c2ccccc2)OC1(C)C.